The first-order valence-electron chi connectivity index (χ1n) is 2.26. The topological polar surface area (TPSA) is 0 Å². The van der Waals surface area contributed by atoms with E-state index in [-0.39, 0.29) is 0 Å². The maximum atomic E-state index is 11.8. The normalized spacial score (nSPS) is 16.0. The third kappa shape index (κ3) is 2.23. The van der Waals surface area contributed by atoms with Gasteiger partial charge in [-0.25, -0.2) is 4.39 Å². The van der Waals surface area contributed by atoms with Gasteiger partial charge in [0.2, 0.25) is 5.83 Å². The molecular weight excluding hydrogens is 308 g/mol. The van der Waals surface area contributed by atoms with Crippen LogP contribution < -0.4 is 0 Å². The smallest absolute Gasteiger partial charge is 0.201 e. The van der Waals surface area contributed by atoms with E-state index in [4.69, 9.17) is 0 Å². The van der Waals surface area contributed by atoms with Crippen molar-refractivity contribution in [2.75, 3.05) is 0 Å². The Morgan fingerprint density at radius 1 is 0.917 bits per heavy atom. The first-order valence-corrected chi connectivity index (χ1v) is 3.34. The molecule has 0 aromatic carbocycles. The van der Waals surface area contributed by atoms with Gasteiger partial charge in [0.1, 0.15) is 0 Å². The number of allylic oxidation sites excluding steroid dienone is 1. The zero-order valence-corrected chi connectivity index (χ0v) is 7.18. The molecule has 0 aliphatic carbocycles. The molecule has 0 aliphatic heterocycles. The Balaban J connectivity index is 5.01. The van der Waals surface area contributed by atoms with Crippen LogP contribution in [0.2, 0.25) is 0 Å². The molecule has 72 valence electrons. The van der Waals surface area contributed by atoms with E-state index in [9.17, 15) is 30.7 Å². The molecule has 0 bridgehead atoms. The third-order valence-corrected chi connectivity index (χ3v) is 1.27. The van der Waals surface area contributed by atoms with E-state index in [1.54, 1.807) is 0 Å². The van der Waals surface area contributed by atoms with Gasteiger partial charge in [-0.2, -0.15) is 26.3 Å². The molecule has 0 rings (SSSR count). The molecule has 0 aliphatic rings. The second-order valence-electron chi connectivity index (χ2n) is 1.65. The van der Waals surface area contributed by atoms with Gasteiger partial charge in [-0.1, -0.05) is 0 Å². The van der Waals surface area contributed by atoms with Crippen LogP contribution in [-0.4, -0.2) is 12.1 Å². The van der Waals surface area contributed by atoms with Crippen LogP contribution in [0.25, 0.3) is 0 Å². The lowest BCUT2D eigenvalue weighted by molar-refractivity contribution is -0.270. The summed E-state index contributed by atoms with van der Waals surface area (Å²) in [7, 11) is 0. The summed E-state index contributed by atoms with van der Waals surface area (Å²) in [5.41, 5.74) is 0. The summed E-state index contributed by atoms with van der Waals surface area (Å²) in [5, 5.41) is 0. The summed E-state index contributed by atoms with van der Waals surface area (Å²) in [4.78, 5) is 0. The van der Waals surface area contributed by atoms with Gasteiger partial charge in [-0.3, -0.25) is 0 Å². The van der Waals surface area contributed by atoms with E-state index in [1.807, 2.05) is 0 Å². The Labute approximate surface area is 75.6 Å². The van der Waals surface area contributed by atoms with Crippen LogP contribution in [0.5, 0.6) is 0 Å². The Kier molecular flexibility index (Phi) is 3.38. The van der Waals surface area contributed by atoms with Gasteiger partial charge in [0.15, 0.2) is 3.83 Å². The molecule has 0 spiro atoms. The first kappa shape index (κ1) is 12.0. The molecule has 0 heterocycles. The summed E-state index contributed by atoms with van der Waals surface area (Å²) in [5.74, 6) is -8.87. The van der Waals surface area contributed by atoms with E-state index in [1.165, 1.54) is 0 Å². The molecule has 0 saturated heterocycles. The van der Waals surface area contributed by atoms with Crippen LogP contribution in [-0.2, 0) is 0 Å². The quantitative estimate of drug-likeness (QED) is 0.511. The highest BCUT2D eigenvalue weighted by Gasteiger charge is 2.62. The van der Waals surface area contributed by atoms with Gasteiger partial charge >= 0.3 is 12.1 Å². The van der Waals surface area contributed by atoms with Gasteiger partial charge in [0, 0.05) is 0 Å². The minimum atomic E-state index is -6.11. The lowest BCUT2D eigenvalue weighted by Crippen LogP contribution is -2.37. The molecule has 0 atom stereocenters. The average Bonchev–Trinajstić information content (AvgIpc) is 1.83. The SMILES string of the molecule is FC(I)=C(F)C(F)(F)C(F)(F)F. The maximum Gasteiger partial charge on any atom is 0.460 e. The molecule has 0 unspecified atom stereocenters. The van der Waals surface area contributed by atoms with Gasteiger partial charge < -0.3 is 0 Å². The Bertz CT molecular complexity index is 198. The molecule has 0 saturated carbocycles. The standard InChI is InChI=1S/C4F7I/c5-1(2(6)12)3(7,8)4(9,10)11. The fourth-order valence-corrected chi connectivity index (χ4v) is 0.582. The van der Waals surface area contributed by atoms with Crippen LogP contribution in [0.3, 0.4) is 0 Å². The molecule has 0 aromatic rings. The Hall–Kier alpha value is -0.0200. The Morgan fingerprint density at radius 2 is 1.25 bits per heavy atom. The van der Waals surface area contributed by atoms with Crippen molar-refractivity contribution in [1.29, 1.82) is 0 Å². The molecule has 0 nitrogen and oxygen atoms in total. The van der Waals surface area contributed by atoms with Gasteiger partial charge in [-0.05, 0) is 22.6 Å². The number of hydrogen-bond donors (Lipinski definition) is 0. The molecule has 12 heavy (non-hydrogen) atoms. The van der Waals surface area contributed by atoms with E-state index >= 15 is 0 Å². The number of rotatable bonds is 1. The second kappa shape index (κ2) is 3.38. The molecule has 0 amide bonds. The van der Waals surface area contributed by atoms with Gasteiger partial charge in [-0.15, -0.1) is 0 Å². The zero-order valence-electron chi connectivity index (χ0n) is 5.02. The lowest BCUT2D eigenvalue weighted by atomic mass is 10.3. The van der Waals surface area contributed by atoms with Crippen molar-refractivity contribution in [3.63, 3.8) is 0 Å². The third-order valence-electron chi connectivity index (χ3n) is 0.798. The van der Waals surface area contributed by atoms with E-state index in [0.29, 0.717) is 22.6 Å². The highest BCUT2D eigenvalue weighted by molar-refractivity contribution is 14.1. The summed E-state index contributed by atoms with van der Waals surface area (Å²) in [6, 6.07) is 0. The van der Waals surface area contributed by atoms with Crippen LogP contribution in [0.4, 0.5) is 30.7 Å². The average molecular weight is 308 g/mol. The van der Waals surface area contributed by atoms with E-state index in [2.05, 4.69) is 0 Å². The minimum absolute atomic E-state index is 0.392. The molecule has 0 fully saturated rings. The number of halogens is 8. The van der Waals surface area contributed by atoms with Gasteiger partial charge in [0.05, 0.1) is 0 Å². The molecular formula is C4F7I. The van der Waals surface area contributed by atoms with E-state index in [0.717, 1.165) is 0 Å². The number of alkyl halides is 5. The fraction of sp³-hybridized carbons (Fsp3) is 0.500. The van der Waals surface area contributed by atoms with Crippen molar-refractivity contribution in [2.24, 2.45) is 0 Å². The zero-order chi connectivity index (χ0) is 10.2. The first-order chi connectivity index (χ1) is 5.10. The summed E-state index contributed by atoms with van der Waals surface area (Å²) >= 11 is 0.392. The molecule has 0 N–H and O–H groups in total. The van der Waals surface area contributed by atoms with Crippen molar-refractivity contribution in [3.8, 4) is 0 Å². The van der Waals surface area contributed by atoms with Crippen LogP contribution in [0.1, 0.15) is 0 Å². The highest BCUT2D eigenvalue weighted by atomic mass is 127. The second-order valence-corrected chi connectivity index (χ2v) is 2.59. The summed E-state index contributed by atoms with van der Waals surface area (Å²) in [6.07, 6.45) is -6.11. The van der Waals surface area contributed by atoms with Crippen molar-refractivity contribution in [3.05, 3.63) is 9.66 Å². The highest BCUT2D eigenvalue weighted by Crippen LogP contribution is 2.43. The molecule has 0 aromatic heterocycles. The van der Waals surface area contributed by atoms with Crippen LogP contribution in [0, 0.1) is 0 Å². The predicted octanol–water partition coefficient (Wildman–Crippen LogP) is 3.73. The predicted molar refractivity (Wildman–Crippen MR) is 34.3 cm³/mol. The van der Waals surface area contributed by atoms with Crippen LogP contribution in [0.15, 0.2) is 9.66 Å². The van der Waals surface area contributed by atoms with Crippen molar-refractivity contribution in [1.82, 2.24) is 0 Å². The Morgan fingerprint density at radius 3 is 1.33 bits per heavy atom. The van der Waals surface area contributed by atoms with Crippen molar-refractivity contribution < 1.29 is 30.7 Å². The van der Waals surface area contributed by atoms with Crippen molar-refractivity contribution >= 4 is 22.6 Å². The van der Waals surface area contributed by atoms with Gasteiger partial charge in [0.25, 0.3) is 0 Å². The molecule has 8 heteroatoms. The monoisotopic (exact) mass is 308 g/mol. The lowest BCUT2D eigenvalue weighted by Gasteiger charge is -2.16. The van der Waals surface area contributed by atoms with Crippen LogP contribution >= 0.6 is 22.6 Å². The van der Waals surface area contributed by atoms with Crippen molar-refractivity contribution in [2.45, 2.75) is 12.1 Å². The minimum Gasteiger partial charge on any atom is -0.201 e. The van der Waals surface area contributed by atoms with E-state index < -0.39 is 21.8 Å². The maximum absolute atomic E-state index is 11.8. The summed E-state index contributed by atoms with van der Waals surface area (Å²) < 4.78 is 78.5. The number of hydrogen-bond acceptors (Lipinski definition) is 0. The largest absolute Gasteiger partial charge is 0.460 e. The molecule has 0 radical (unpaired) electrons. The summed E-state index contributed by atoms with van der Waals surface area (Å²) in [6.45, 7) is 0. The fourth-order valence-electron chi connectivity index (χ4n) is 0.243.